The highest BCUT2D eigenvalue weighted by molar-refractivity contribution is 5.89. The van der Waals surface area contributed by atoms with Crippen LogP contribution in [-0.4, -0.2) is 20.6 Å². The maximum absolute atomic E-state index is 11.3. The molecule has 0 unspecified atom stereocenters. The third-order valence-electron chi connectivity index (χ3n) is 5.04. The van der Waals surface area contributed by atoms with Crippen molar-refractivity contribution in [2.24, 2.45) is 7.05 Å². The Morgan fingerprint density at radius 3 is 2.42 bits per heavy atom. The van der Waals surface area contributed by atoms with Crippen LogP contribution < -0.4 is 0 Å². The average Bonchev–Trinajstić information content (AvgIpc) is 3.05. The maximum Gasteiger partial charge on any atom is 0.372 e. The van der Waals surface area contributed by atoms with Crippen molar-refractivity contribution in [3.63, 3.8) is 0 Å². The van der Waals surface area contributed by atoms with Crippen LogP contribution in [0.25, 0.3) is 22.4 Å². The summed E-state index contributed by atoms with van der Waals surface area (Å²) < 4.78 is 1.65. The van der Waals surface area contributed by atoms with Crippen LogP contribution in [0.15, 0.2) is 48.7 Å². The van der Waals surface area contributed by atoms with Crippen LogP contribution in [0.4, 0.5) is 0 Å². The molecule has 0 fully saturated rings. The zero-order valence-electron chi connectivity index (χ0n) is 13.9. The van der Waals surface area contributed by atoms with Crippen LogP contribution in [0.2, 0.25) is 0 Å². The lowest BCUT2D eigenvalue weighted by Crippen LogP contribution is -2.17. The summed E-state index contributed by atoms with van der Waals surface area (Å²) in [5.74, 6) is -0.963. The Bertz CT molecular complexity index is 983. The predicted octanol–water partition coefficient (Wildman–Crippen LogP) is 4.09. The number of hydrogen-bond acceptors (Lipinski definition) is 2. The Labute approximate surface area is 140 Å². The Morgan fingerprint density at radius 2 is 1.71 bits per heavy atom. The van der Waals surface area contributed by atoms with E-state index in [9.17, 15) is 9.90 Å². The van der Waals surface area contributed by atoms with E-state index < -0.39 is 5.97 Å². The van der Waals surface area contributed by atoms with Gasteiger partial charge in [0.25, 0.3) is 0 Å². The fourth-order valence-electron chi connectivity index (χ4n) is 3.92. The summed E-state index contributed by atoms with van der Waals surface area (Å²) in [7, 11) is 1.75. The van der Waals surface area contributed by atoms with Gasteiger partial charge in [-0.25, -0.2) is 9.78 Å². The molecule has 0 saturated carbocycles. The van der Waals surface area contributed by atoms with Crippen LogP contribution in [0, 0.1) is 0 Å². The van der Waals surface area contributed by atoms with Crippen molar-refractivity contribution >= 4 is 5.97 Å². The number of nitrogens with zero attached hydrogens (tertiary/aromatic N) is 2. The first-order chi connectivity index (χ1) is 11.4. The lowest BCUT2D eigenvalue weighted by atomic mass is 9.79. The average molecular weight is 318 g/mol. The van der Waals surface area contributed by atoms with Gasteiger partial charge in [0, 0.05) is 18.0 Å². The van der Waals surface area contributed by atoms with E-state index in [2.05, 4.69) is 55.2 Å². The number of benzene rings is 2. The van der Waals surface area contributed by atoms with E-state index in [1.807, 2.05) is 6.07 Å². The van der Waals surface area contributed by atoms with E-state index in [0.29, 0.717) is 0 Å². The van der Waals surface area contributed by atoms with E-state index in [1.165, 1.54) is 22.3 Å². The number of carbonyl (C=O) groups is 1. The molecule has 4 rings (SSSR count). The Kier molecular flexibility index (Phi) is 2.94. The smallest absolute Gasteiger partial charge is 0.372 e. The number of aromatic carboxylic acids is 1. The summed E-state index contributed by atoms with van der Waals surface area (Å²) >= 11 is 0. The molecule has 0 bridgehead atoms. The van der Waals surface area contributed by atoms with Gasteiger partial charge in [-0.05, 0) is 22.3 Å². The predicted molar refractivity (Wildman–Crippen MR) is 93.2 cm³/mol. The van der Waals surface area contributed by atoms with Crippen molar-refractivity contribution in [1.82, 2.24) is 9.55 Å². The molecule has 4 nitrogen and oxygen atoms in total. The summed E-state index contributed by atoms with van der Waals surface area (Å²) in [5, 5.41) is 9.28. The molecule has 3 aromatic rings. The molecule has 0 radical (unpaired) electrons. The molecular formula is C20H18N2O2. The first-order valence-electron chi connectivity index (χ1n) is 7.91. The van der Waals surface area contributed by atoms with E-state index in [4.69, 9.17) is 0 Å². The SMILES string of the molecule is Cn1c(-c2cccc3c2C(C)(C)c2ccccc2-3)cnc1C(=O)O. The Hall–Kier alpha value is -2.88. The van der Waals surface area contributed by atoms with Crippen LogP contribution >= 0.6 is 0 Å². The fraction of sp³-hybridized carbons (Fsp3) is 0.200. The number of carboxylic acids is 1. The molecule has 1 aliphatic rings. The summed E-state index contributed by atoms with van der Waals surface area (Å²) in [4.78, 5) is 15.4. The quantitative estimate of drug-likeness (QED) is 0.774. The third kappa shape index (κ3) is 1.80. The summed E-state index contributed by atoms with van der Waals surface area (Å²) in [5.41, 5.74) is 6.71. The van der Waals surface area contributed by atoms with Crippen LogP contribution in [0.3, 0.4) is 0 Å². The molecular weight excluding hydrogens is 300 g/mol. The molecule has 120 valence electrons. The van der Waals surface area contributed by atoms with Crippen molar-refractivity contribution in [3.8, 4) is 22.4 Å². The molecule has 2 aromatic carbocycles. The van der Waals surface area contributed by atoms with Gasteiger partial charge in [-0.15, -0.1) is 0 Å². The molecule has 24 heavy (non-hydrogen) atoms. The minimum atomic E-state index is -1.01. The Balaban J connectivity index is 2.02. The summed E-state index contributed by atoms with van der Waals surface area (Å²) in [6.45, 7) is 4.44. The standard InChI is InChI=1S/C20H18N2O2/c1-20(2)15-10-5-4-7-12(15)13-8-6-9-14(17(13)20)16-11-21-18(19(23)24)22(16)3/h4-11H,1-3H3,(H,23,24). The lowest BCUT2D eigenvalue weighted by molar-refractivity contribution is 0.0680. The van der Waals surface area contributed by atoms with Crippen molar-refractivity contribution in [3.05, 3.63) is 65.6 Å². The molecule has 0 saturated heterocycles. The second kappa shape index (κ2) is 4.81. The van der Waals surface area contributed by atoms with Crippen molar-refractivity contribution < 1.29 is 9.90 Å². The van der Waals surface area contributed by atoms with E-state index in [-0.39, 0.29) is 11.2 Å². The lowest BCUT2D eigenvalue weighted by Gasteiger charge is -2.24. The first kappa shape index (κ1) is 14.7. The van der Waals surface area contributed by atoms with Gasteiger partial charge in [0.1, 0.15) is 0 Å². The topological polar surface area (TPSA) is 55.1 Å². The number of rotatable bonds is 2. The first-order valence-corrected chi connectivity index (χ1v) is 7.91. The molecule has 1 aromatic heterocycles. The fourth-order valence-corrected chi connectivity index (χ4v) is 3.92. The number of aromatic nitrogens is 2. The number of fused-ring (bicyclic) bond motifs is 3. The van der Waals surface area contributed by atoms with Gasteiger partial charge in [0.15, 0.2) is 0 Å². The minimum Gasteiger partial charge on any atom is -0.475 e. The highest BCUT2D eigenvalue weighted by Gasteiger charge is 2.37. The molecule has 0 atom stereocenters. The molecule has 0 spiro atoms. The van der Waals surface area contributed by atoms with E-state index >= 15 is 0 Å². The van der Waals surface area contributed by atoms with E-state index in [0.717, 1.165) is 11.3 Å². The van der Waals surface area contributed by atoms with E-state index in [1.54, 1.807) is 17.8 Å². The van der Waals surface area contributed by atoms with Gasteiger partial charge in [-0.2, -0.15) is 0 Å². The maximum atomic E-state index is 11.3. The molecule has 4 heteroatoms. The second-order valence-electron chi connectivity index (χ2n) is 6.73. The third-order valence-corrected chi connectivity index (χ3v) is 5.04. The van der Waals surface area contributed by atoms with Gasteiger partial charge >= 0.3 is 5.97 Å². The summed E-state index contributed by atoms with van der Waals surface area (Å²) in [6, 6.07) is 14.7. The second-order valence-corrected chi connectivity index (χ2v) is 6.73. The van der Waals surface area contributed by atoms with Gasteiger partial charge in [-0.3, -0.25) is 0 Å². The van der Waals surface area contributed by atoms with Crippen molar-refractivity contribution in [2.75, 3.05) is 0 Å². The molecule has 1 aliphatic carbocycles. The monoisotopic (exact) mass is 318 g/mol. The minimum absolute atomic E-state index is 0.0518. The molecule has 1 N–H and O–H groups in total. The van der Waals surface area contributed by atoms with Crippen LogP contribution in [-0.2, 0) is 12.5 Å². The molecule has 0 amide bonds. The number of hydrogen-bond donors (Lipinski definition) is 1. The number of imidazole rings is 1. The largest absolute Gasteiger partial charge is 0.475 e. The van der Waals surface area contributed by atoms with Gasteiger partial charge in [-0.1, -0.05) is 56.3 Å². The zero-order chi connectivity index (χ0) is 17.1. The zero-order valence-corrected chi connectivity index (χ0v) is 13.9. The van der Waals surface area contributed by atoms with Gasteiger partial charge in [0.05, 0.1) is 11.9 Å². The van der Waals surface area contributed by atoms with Gasteiger partial charge < -0.3 is 9.67 Å². The van der Waals surface area contributed by atoms with Crippen LogP contribution in [0.5, 0.6) is 0 Å². The Morgan fingerprint density at radius 1 is 1.04 bits per heavy atom. The molecule has 0 aliphatic heterocycles. The van der Waals surface area contributed by atoms with Crippen LogP contribution in [0.1, 0.15) is 35.6 Å². The normalized spacial score (nSPS) is 14.3. The van der Waals surface area contributed by atoms with Crippen molar-refractivity contribution in [2.45, 2.75) is 19.3 Å². The highest BCUT2D eigenvalue weighted by Crippen LogP contribution is 2.51. The summed E-state index contributed by atoms with van der Waals surface area (Å²) in [6.07, 6.45) is 1.65. The van der Waals surface area contributed by atoms with Gasteiger partial charge in [0.2, 0.25) is 5.82 Å². The highest BCUT2D eigenvalue weighted by atomic mass is 16.4. The molecule has 1 heterocycles. The number of carboxylic acid groups (broad SMARTS) is 1. The van der Waals surface area contributed by atoms with Crippen molar-refractivity contribution in [1.29, 1.82) is 0 Å².